The van der Waals surface area contributed by atoms with Crippen LogP contribution >= 0.6 is 0 Å². The molecule has 2 amide bonds. The normalized spacial score (nSPS) is 17.2. The number of aromatic nitrogens is 2. The number of imidazole rings is 1. The molecular weight excluding hydrogens is 440 g/mol. The topological polar surface area (TPSA) is 78.5 Å². The first-order chi connectivity index (χ1) is 16.9. The highest BCUT2D eigenvalue weighted by atomic mass is 16.5. The van der Waals surface area contributed by atoms with E-state index in [-0.39, 0.29) is 23.9 Å². The molecule has 1 N–H and O–H groups in total. The minimum atomic E-state index is -0.208. The quantitative estimate of drug-likeness (QED) is 0.434. The van der Waals surface area contributed by atoms with E-state index < -0.39 is 0 Å². The van der Waals surface area contributed by atoms with Crippen LogP contribution in [0.4, 0.5) is 11.4 Å². The number of carbonyl (C=O) groups excluding carboxylic acids is 2. The number of carbonyl (C=O) groups is 2. The van der Waals surface area contributed by atoms with Gasteiger partial charge in [-0.25, -0.2) is 4.98 Å². The number of hydrogen-bond acceptors (Lipinski definition) is 4. The SMILES string of the molecule is COc1ccc(C(=O)N2c3ccccc3[C@H](N(C(C)=O)c3ccc4nc(C)[nH]c4c3)C[C@@H]2C)cc1. The van der Waals surface area contributed by atoms with Crippen molar-refractivity contribution in [3.8, 4) is 5.75 Å². The summed E-state index contributed by atoms with van der Waals surface area (Å²) >= 11 is 0. The Kier molecular flexibility index (Phi) is 5.76. The van der Waals surface area contributed by atoms with Gasteiger partial charge >= 0.3 is 0 Å². The Morgan fingerprint density at radius 2 is 1.83 bits per heavy atom. The van der Waals surface area contributed by atoms with Crippen molar-refractivity contribution in [1.29, 1.82) is 0 Å². The molecule has 1 aliphatic rings. The molecule has 3 aromatic carbocycles. The van der Waals surface area contributed by atoms with Gasteiger partial charge in [0, 0.05) is 29.9 Å². The van der Waals surface area contributed by atoms with Crippen LogP contribution in [0.3, 0.4) is 0 Å². The molecule has 0 radical (unpaired) electrons. The Balaban J connectivity index is 1.56. The van der Waals surface area contributed by atoms with E-state index in [2.05, 4.69) is 9.97 Å². The number of amides is 2. The van der Waals surface area contributed by atoms with Crippen molar-refractivity contribution >= 4 is 34.2 Å². The summed E-state index contributed by atoms with van der Waals surface area (Å²) in [5, 5.41) is 0. The predicted molar refractivity (Wildman–Crippen MR) is 137 cm³/mol. The number of aromatic amines is 1. The van der Waals surface area contributed by atoms with Crippen molar-refractivity contribution < 1.29 is 14.3 Å². The molecule has 2 atom stereocenters. The van der Waals surface area contributed by atoms with Crippen molar-refractivity contribution in [2.45, 2.75) is 39.3 Å². The van der Waals surface area contributed by atoms with Crippen LogP contribution in [0.15, 0.2) is 66.7 Å². The van der Waals surface area contributed by atoms with Gasteiger partial charge in [0.15, 0.2) is 0 Å². The summed E-state index contributed by atoms with van der Waals surface area (Å²) in [4.78, 5) is 38.0. The maximum absolute atomic E-state index is 13.6. The first-order valence-corrected chi connectivity index (χ1v) is 11.7. The number of benzene rings is 3. The molecule has 0 saturated heterocycles. The Morgan fingerprint density at radius 3 is 2.54 bits per heavy atom. The van der Waals surface area contributed by atoms with E-state index in [1.54, 1.807) is 38.3 Å². The summed E-state index contributed by atoms with van der Waals surface area (Å²) in [6, 6.07) is 20.5. The van der Waals surface area contributed by atoms with Crippen molar-refractivity contribution in [2.24, 2.45) is 0 Å². The highest BCUT2D eigenvalue weighted by Crippen LogP contribution is 2.43. The summed E-state index contributed by atoms with van der Waals surface area (Å²) in [5.41, 5.74) is 4.92. The molecule has 7 nitrogen and oxygen atoms in total. The van der Waals surface area contributed by atoms with E-state index in [0.717, 1.165) is 33.8 Å². The lowest BCUT2D eigenvalue weighted by Gasteiger charge is -2.43. The lowest BCUT2D eigenvalue weighted by Crippen LogP contribution is -2.47. The van der Waals surface area contributed by atoms with E-state index >= 15 is 0 Å². The molecule has 0 aliphatic carbocycles. The number of methoxy groups -OCH3 is 1. The summed E-state index contributed by atoms with van der Waals surface area (Å²) in [6.45, 7) is 5.53. The molecule has 178 valence electrons. The monoisotopic (exact) mass is 468 g/mol. The number of H-pyrrole nitrogens is 1. The van der Waals surface area contributed by atoms with E-state index in [0.29, 0.717) is 17.7 Å². The standard InChI is InChI=1S/C28H28N4O3/c1-17-15-27(32(19(3)33)21-11-14-24-25(16-21)30-18(2)29-24)23-7-5-6-8-26(23)31(17)28(34)20-9-12-22(35-4)13-10-20/h5-14,16-17,27H,15H2,1-4H3,(H,29,30)/t17-,27+/m0/s1. The fraction of sp³-hybridized carbons (Fsp3) is 0.250. The third kappa shape index (κ3) is 4.03. The second-order valence-corrected chi connectivity index (χ2v) is 8.98. The first-order valence-electron chi connectivity index (χ1n) is 11.7. The minimum absolute atomic E-state index is 0.0532. The van der Waals surface area contributed by atoms with Crippen molar-refractivity contribution in [3.63, 3.8) is 0 Å². The summed E-state index contributed by atoms with van der Waals surface area (Å²) in [6.07, 6.45) is 0.610. The van der Waals surface area contributed by atoms with E-state index in [4.69, 9.17) is 4.74 Å². The second-order valence-electron chi connectivity index (χ2n) is 8.98. The average molecular weight is 469 g/mol. The molecule has 0 spiro atoms. The molecule has 5 rings (SSSR count). The van der Waals surface area contributed by atoms with Gasteiger partial charge in [-0.05, 0) is 74.4 Å². The number of nitrogens with one attached hydrogen (secondary N) is 1. The number of aryl methyl sites for hydroxylation is 1. The van der Waals surface area contributed by atoms with E-state index in [1.165, 1.54) is 0 Å². The molecule has 1 aromatic heterocycles. The number of fused-ring (bicyclic) bond motifs is 2. The van der Waals surface area contributed by atoms with Crippen LogP contribution < -0.4 is 14.5 Å². The molecule has 0 fully saturated rings. The van der Waals surface area contributed by atoms with Crippen LogP contribution in [0.5, 0.6) is 5.75 Å². The fourth-order valence-corrected chi connectivity index (χ4v) is 5.06. The summed E-state index contributed by atoms with van der Waals surface area (Å²) < 4.78 is 5.24. The molecule has 35 heavy (non-hydrogen) atoms. The lowest BCUT2D eigenvalue weighted by atomic mass is 9.89. The Labute approximate surface area is 204 Å². The number of anilines is 2. The Bertz CT molecular complexity index is 1410. The number of para-hydroxylation sites is 1. The Hall–Kier alpha value is -4.13. The van der Waals surface area contributed by atoms with Gasteiger partial charge < -0.3 is 19.5 Å². The van der Waals surface area contributed by atoms with Crippen LogP contribution in [0.1, 0.15) is 48.1 Å². The maximum Gasteiger partial charge on any atom is 0.258 e. The fourth-order valence-electron chi connectivity index (χ4n) is 5.06. The summed E-state index contributed by atoms with van der Waals surface area (Å²) in [5.74, 6) is 1.41. The molecule has 0 bridgehead atoms. The number of nitrogens with zero attached hydrogens (tertiary/aromatic N) is 3. The van der Waals surface area contributed by atoms with Gasteiger partial charge in [-0.2, -0.15) is 0 Å². The van der Waals surface area contributed by atoms with Gasteiger partial charge in [0.1, 0.15) is 11.6 Å². The van der Waals surface area contributed by atoms with Gasteiger partial charge in [0.2, 0.25) is 5.91 Å². The maximum atomic E-state index is 13.6. The molecule has 0 unspecified atom stereocenters. The molecule has 0 saturated carbocycles. The third-order valence-electron chi connectivity index (χ3n) is 6.63. The molecular formula is C28H28N4O3. The molecule has 1 aliphatic heterocycles. The van der Waals surface area contributed by atoms with Gasteiger partial charge in [-0.15, -0.1) is 0 Å². The number of rotatable bonds is 4. The first kappa shape index (κ1) is 22.7. The molecule has 7 heteroatoms. The highest BCUT2D eigenvalue weighted by Gasteiger charge is 2.38. The summed E-state index contributed by atoms with van der Waals surface area (Å²) in [7, 11) is 1.60. The zero-order valence-corrected chi connectivity index (χ0v) is 20.3. The third-order valence-corrected chi connectivity index (χ3v) is 6.63. The molecule has 2 heterocycles. The van der Waals surface area contributed by atoms with Crippen molar-refractivity contribution in [3.05, 3.63) is 83.7 Å². The van der Waals surface area contributed by atoms with E-state index in [1.807, 2.05) is 66.1 Å². The predicted octanol–water partition coefficient (Wildman–Crippen LogP) is 5.41. The highest BCUT2D eigenvalue weighted by molar-refractivity contribution is 6.07. The van der Waals surface area contributed by atoms with Crippen LogP contribution in [0.25, 0.3) is 11.0 Å². The minimum Gasteiger partial charge on any atom is -0.497 e. The van der Waals surface area contributed by atoms with E-state index in [9.17, 15) is 9.59 Å². The van der Waals surface area contributed by atoms with Crippen LogP contribution in [-0.2, 0) is 4.79 Å². The van der Waals surface area contributed by atoms with Crippen LogP contribution in [0.2, 0.25) is 0 Å². The van der Waals surface area contributed by atoms with Gasteiger partial charge in [0.05, 0.1) is 24.2 Å². The zero-order valence-electron chi connectivity index (χ0n) is 20.3. The smallest absolute Gasteiger partial charge is 0.258 e. The largest absolute Gasteiger partial charge is 0.497 e. The zero-order chi connectivity index (χ0) is 24.7. The number of ether oxygens (including phenoxy) is 1. The van der Waals surface area contributed by atoms with Crippen LogP contribution in [0, 0.1) is 6.92 Å². The average Bonchev–Trinajstić information content (AvgIpc) is 3.23. The van der Waals surface area contributed by atoms with Gasteiger partial charge in [0.25, 0.3) is 5.91 Å². The molecule has 4 aromatic rings. The van der Waals surface area contributed by atoms with Crippen molar-refractivity contribution in [2.75, 3.05) is 16.9 Å². The van der Waals surface area contributed by atoms with Crippen LogP contribution in [-0.4, -0.2) is 34.9 Å². The lowest BCUT2D eigenvalue weighted by molar-refractivity contribution is -0.117. The van der Waals surface area contributed by atoms with Gasteiger partial charge in [-0.3, -0.25) is 9.59 Å². The second kappa shape index (κ2) is 8.91. The van der Waals surface area contributed by atoms with Gasteiger partial charge in [-0.1, -0.05) is 18.2 Å². The van der Waals surface area contributed by atoms with Crippen molar-refractivity contribution in [1.82, 2.24) is 9.97 Å². The number of hydrogen-bond donors (Lipinski definition) is 1. The Morgan fingerprint density at radius 1 is 1.09 bits per heavy atom.